The molecule has 0 aromatic carbocycles. The van der Waals surface area contributed by atoms with E-state index in [-0.39, 0.29) is 19.3 Å². The molecule has 0 unspecified atom stereocenters. The minimum absolute atomic E-state index is 0.176. The summed E-state index contributed by atoms with van der Waals surface area (Å²) in [5, 5.41) is 27.2. The highest BCUT2D eigenvalue weighted by Crippen LogP contribution is 2.20. The van der Waals surface area contributed by atoms with Gasteiger partial charge in [0.05, 0.1) is 26.2 Å². The quantitative estimate of drug-likeness (QED) is 0.0358. The second-order valence-electron chi connectivity index (χ2n) is 13.5. The van der Waals surface area contributed by atoms with Crippen LogP contribution in [-0.4, -0.2) is 63.9 Å². The van der Waals surface area contributed by atoms with Gasteiger partial charge in [-0.15, -0.1) is 0 Å². The molecule has 264 valence electrons. The van der Waals surface area contributed by atoms with E-state index in [0.717, 1.165) is 56.3 Å². The van der Waals surface area contributed by atoms with Crippen LogP contribution in [0.25, 0.3) is 0 Å². The van der Waals surface area contributed by atoms with Gasteiger partial charge in [0.2, 0.25) is 0 Å². The molecule has 0 bridgehead atoms. The number of hydrogen-bond acceptors (Lipinski definition) is 3. The van der Waals surface area contributed by atoms with E-state index < -0.39 is 17.9 Å². The Kier molecular flexibility index (Phi) is 30.7. The normalized spacial score (nSPS) is 11.8. The van der Waals surface area contributed by atoms with Gasteiger partial charge in [0.15, 0.2) is 0 Å². The summed E-state index contributed by atoms with van der Waals surface area (Å²) in [6.07, 6.45) is 34.7. The van der Waals surface area contributed by atoms with Crippen LogP contribution >= 0.6 is 0 Å². The number of carbonyl (C=O) groups is 3. The Hall–Kier alpha value is -1.89. The summed E-state index contributed by atoms with van der Waals surface area (Å²) in [4.78, 5) is 33.1. The third kappa shape index (κ3) is 31.9. The molecule has 0 atom stereocenters. The Balaban J connectivity index is 4.19. The molecule has 0 spiro atoms. The van der Waals surface area contributed by atoms with Crippen molar-refractivity contribution in [2.24, 2.45) is 0 Å². The minimum atomic E-state index is -0.766. The molecular formula is C38H72NO6+. The minimum Gasteiger partial charge on any atom is -0.481 e. The molecule has 0 saturated carbocycles. The number of aliphatic carboxylic acids is 3. The van der Waals surface area contributed by atoms with Gasteiger partial charge in [-0.05, 0) is 77.0 Å². The summed E-state index contributed by atoms with van der Waals surface area (Å²) in [5.74, 6) is -2.30. The van der Waals surface area contributed by atoms with Crippen LogP contribution in [0.3, 0.4) is 0 Å². The molecular weight excluding hydrogens is 566 g/mol. The summed E-state index contributed by atoms with van der Waals surface area (Å²) in [7, 11) is 0. The van der Waals surface area contributed by atoms with Crippen LogP contribution < -0.4 is 0 Å². The molecule has 0 rings (SSSR count). The van der Waals surface area contributed by atoms with Gasteiger partial charge < -0.3 is 19.8 Å². The summed E-state index contributed by atoms with van der Waals surface area (Å²) >= 11 is 0. The van der Waals surface area contributed by atoms with Gasteiger partial charge in [0, 0.05) is 19.3 Å². The molecule has 0 aliphatic heterocycles. The van der Waals surface area contributed by atoms with Gasteiger partial charge in [-0.2, -0.15) is 0 Å². The summed E-state index contributed by atoms with van der Waals surface area (Å²) < 4.78 is 0.870. The predicted molar refractivity (Wildman–Crippen MR) is 187 cm³/mol. The maximum atomic E-state index is 11.0. The first-order valence-corrected chi connectivity index (χ1v) is 19.0. The number of carboxylic acids is 3. The van der Waals surface area contributed by atoms with E-state index in [1.165, 1.54) is 116 Å². The number of carboxylic acid groups (broad SMARTS) is 3. The second-order valence-corrected chi connectivity index (χ2v) is 13.5. The molecule has 0 fully saturated rings. The fourth-order valence-corrected chi connectivity index (χ4v) is 6.42. The Morgan fingerprint density at radius 2 is 0.667 bits per heavy atom. The van der Waals surface area contributed by atoms with Crippen LogP contribution in [0.2, 0.25) is 0 Å². The average Bonchev–Trinajstić information content (AvgIpc) is 3.00. The molecule has 0 amide bonds. The molecule has 0 radical (unpaired) electrons. The van der Waals surface area contributed by atoms with Crippen LogP contribution in [0.15, 0.2) is 12.2 Å². The predicted octanol–water partition coefficient (Wildman–Crippen LogP) is 10.6. The summed E-state index contributed by atoms with van der Waals surface area (Å²) in [6.45, 7) is 5.96. The van der Waals surface area contributed by atoms with Crippen molar-refractivity contribution < 1.29 is 34.2 Å². The third-order valence-electron chi connectivity index (χ3n) is 9.21. The first-order chi connectivity index (χ1) is 21.8. The van der Waals surface area contributed by atoms with Crippen LogP contribution in [0.1, 0.15) is 187 Å². The topological polar surface area (TPSA) is 112 Å². The van der Waals surface area contributed by atoms with Crippen molar-refractivity contribution in [2.75, 3.05) is 26.2 Å². The summed E-state index contributed by atoms with van der Waals surface area (Å²) in [6, 6.07) is 0. The van der Waals surface area contributed by atoms with Crippen molar-refractivity contribution in [2.45, 2.75) is 187 Å². The van der Waals surface area contributed by atoms with Crippen molar-refractivity contribution in [1.29, 1.82) is 0 Å². The number of unbranched alkanes of at least 4 members (excludes halogenated alkanes) is 20. The fourth-order valence-electron chi connectivity index (χ4n) is 6.42. The molecule has 45 heavy (non-hydrogen) atoms. The van der Waals surface area contributed by atoms with Crippen molar-refractivity contribution in [1.82, 2.24) is 0 Å². The largest absolute Gasteiger partial charge is 0.481 e. The lowest BCUT2D eigenvalue weighted by atomic mass is 10.0. The number of hydrogen-bond donors (Lipinski definition) is 3. The molecule has 7 nitrogen and oxygen atoms in total. The molecule has 0 aromatic rings. The van der Waals surface area contributed by atoms with Crippen molar-refractivity contribution in [3.05, 3.63) is 12.2 Å². The van der Waals surface area contributed by atoms with Gasteiger partial charge in [0.25, 0.3) is 0 Å². The van der Waals surface area contributed by atoms with Crippen LogP contribution in [0.4, 0.5) is 0 Å². The van der Waals surface area contributed by atoms with E-state index in [4.69, 9.17) is 15.3 Å². The Labute approximate surface area is 276 Å². The van der Waals surface area contributed by atoms with E-state index in [1.54, 1.807) is 0 Å². The lowest BCUT2D eigenvalue weighted by molar-refractivity contribution is -0.929. The molecule has 0 aromatic heterocycles. The first-order valence-electron chi connectivity index (χ1n) is 19.0. The standard InChI is InChI=1S/C38H71NO6/c1-2-3-4-5-6-7-8-9-10-11-12-13-14-15-16-17-18-19-20-21-25-32-39(33-26-22-29-36(40)41,34-27-23-30-37(42)43)35-28-24-31-38(44)45/h7-8H,2-6,9-35H2,1H3,(H2-,40,41,42,43,44,45)/p+1/b8-7+. The average molecular weight is 639 g/mol. The van der Waals surface area contributed by atoms with Gasteiger partial charge in [-0.1, -0.05) is 103 Å². The van der Waals surface area contributed by atoms with Gasteiger partial charge >= 0.3 is 17.9 Å². The highest BCUT2D eigenvalue weighted by Gasteiger charge is 2.26. The zero-order valence-corrected chi connectivity index (χ0v) is 29.3. The zero-order chi connectivity index (χ0) is 33.3. The number of rotatable bonds is 36. The van der Waals surface area contributed by atoms with E-state index in [9.17, 15) is 14.4 Å². The third-order valence-corrected chi connectivity index (χ3v) is 9.21. The van der Waals surface area contributed by atoms with Crippen molar-refractivity contribution in [3.63, 3.8) is 0 Å². The molecule has 0 saturated heterocycles. The second kappa shape index (κ2) is 32.1. The molecule has 0 aliphatic rings. The van der Waals surface area contributed by atoms with Gasteiger partial charge in [0.1, 0.15) is 0 Å². The van der Waals surface area contributed by atoms with E-state index in [0.29, 0.717) is 19.3 Å². The number of nitrogens with zero attached hydrogens (tertiary/aromatic N) is 1. The first kappa shape index (κ1) is 43.1. The number of quaternary nitrogens is 1. The Morgan fingerprint density at radius 1 is 0.400 bits per heavy atom. The highest BCUT2D eigenvalue weighted by molar-refractivity contribution is 5.67. The van der Waals surface area contributed by atoms with E-state index >= 15 is 0 Å². The Morgan fingerprint density at radius 3 is 0.978 bits per heavy atom. The monoisotopic (exact) mass is 639 g/mol. The zero-order valence-electron chi connectivity index (χ0n) is 29.3. The maximum absolute atomic E-state index is 11.0. The van der Waals surface area contributed by atoms with Crippen LogP contribution in [-0.2, 0) is 14.4 Å². The fraction of sp³-hybridized carbons (Fsp3) is 0.868. The Bertz CT molecular complexity index is 683. The smallest absolute Gasteiger partial charge is 0.303 e. The van der Waals surface area contributed by atoms with Crippen LogP contribution in [0, 0.1) is 0 Å². The lowest BCUT2D eigenvalue weighted by Gasteiger charge is -2.39. The highest BCUT2D eigenvalue weighted by atomic mass is 16.4. The van der Waals surface area contributed by atoms with Gasteiger partial charge in [-0.25, -0.2) is 0 Å². The van der Waals surface area contributed by atoms with Crippen LogP contribution in [0.5, 0.6) is 0 Å². The molecule has 0 heterocycles. The lowest BCUT2D eigenvalue weighted by Crippen LogP contribution is -2.51. The number of allylic oxidation sites excluding steroid dienone is 2. The van der Waals surface area contributed by atoms with E-state index in [2.05, 4.69) is 19.1 Å². The molecule has 3 N–H and O–H groups in total. The molecule has 0 aliphatic carbocycles. The molecule has 7 heteroatoms. The van der Waals surface area contributed by atoms with E-state index in [1.807, 2.05) is 0 Å². The maximum Gasteiger partial charge on any atom is 0.303 e. The van der Waals surface area contributed by atoms with Crippen molar-refractivity contribution >= 4 is 17.9 Å². The SMILES string of the molecule is CCCCCC/C=C/CCCCCCCCCCCCCCC[N+](CCCCC(=O)O)(CCCCC(=O)O)CCCCC(=O)O. The summed E-state index contributed by atoms with van der Waals surface area (Å²) in [5.41, 5.74) is 0. The van der Waals surface area contributed by atoms with Crippen molar-refractivity contribution in [3.8, 4) is 0 Å². The van der Waals surface area contributed by atoms with Gasteiger partial charge in [-0.3, -0.25) is 14.4 Å².